The standard InChI is InChI=1S/C15H15ClFIN2/c1-8(2)6-12-13(18)14(16)20-15(19-12)10-5-4-9(3)11(17)7-10/h4-5,7-8H,6H2,1-3H3. The molecule has 0 amide bonds. The van der Waals surface area contributed by atoms with Gasteiger partial charge in [0.1, 0.15) is 11.0 Å². The van der Waals surface area contributed by atoms with Gasteiger partial charge >= 0.3 is 0 Å². The lowest BCUT2D eigenvalue weighted by atomic mass is 10.1. The van der Waals surface area contributed by atoms with Crippen LogP contribution < -0.4 is 0 Å². The molecule has 0 atom stereocenters. The zero-order valence-electron chi connectivity index (χ0n) is 11.5. The minimum absolute atomic E-state index is 0.258. The predicted molar refractivity (Wildman–Crippen MR) is 88.4 cm³/mol. The number of rotatable bonds is 3. The number of nitrogens with zero attached hydrogens (tertiary/aromatic N) is 2. The summed E-state index contributed by atoms with van der Waals surface area (Å²) in [6.45, 7) is 5.97. The van der Waals surface area contributed by atoms with E-state index in [4.69, 9.17) is 11.6 Å². The van der Waals surface area contributed by atoms with Gasteiger partial charge < -0.3 is 0 Å². The summed E-state index contributed by atoms with van der Waals surface area (Å²) in [4.78, 5) is 8.81. The van der Waals surface area contributed by atoms with Crippen molar-refractivity contribution in [2.45, 2.75) is 27.2 Å². The van der Waals surface area contributed by atoms with Gasteiger partial charge in [-0.3, -0.25) is 0 Å². The average molecular weight is 405 g/mol. The molecule has 0 N–H and O–H groups in total. The first kappa shape index (κ1) is 15.6. The van der Waals surface area contributed by atoms with Crippen LogP contribution in [0.1, 0.15) is 25.1 Å². The van der Waals surface area contributed by atoms with Gasteiger partial charge in [0, 0.05) is 5.56 Å². The Morgan fingerprint density at radius 1 is 1.30 bits per heavy atom. The van der Waals surface area contributed by atoms with E-state index < -0.39 is 0 Å². The molecule has 106 valence electrons. The number of aryl methyl sites for hydroxylation is 1. The van der Waals surface area contributed by atoms with Crippen LogP contribution in [0.2, 0.25) is 5.15 Å². The fraction of sp³-hybridized carbons (Fsp3) is 0.333. The number of aromatic nitrogens is 2. The summed E-state index contributed by atoms with van der Waals surface area (Å²) in [7, 11) is 0. The zero-order valence-corrected chi connectivity index (χ0v) is 14.5. The van der Waals surface area contributed by atoms with Crippen molar-refractivity contribution in [1.29, 1.82) is 0 Å². The largest absolute Gasteiger partial charge is 0.232 e. The van der Waals surface area contributed by atoms with Gasteiger partial charge in [0.15, 0.2) is 5.82 Å². The molecule has 0 bridgehead atoms. The lowest BCUT2D eigenvalue weighted by Crippen LogP contribution is -2.04. The summed E-state index contributed by atoms with van der Waals surface area (Å²) in [5.74, 6) is 0.688. The van der Waals surface area contributed by atoms with Crippen LogP contribution in [0, 0.1) is 22.2 Å². The Kier molecular flexibility index (Phi) is 4.96. The summed E-state index contributed by atoms with van der Waals surface area (Å²) >= 11 is 8.33. The van der Waals surface area contributed by atoms with Crippen LogP contribution in [-0.2, 0) is 6.42 Å². The number of hydrogen-bond donors (Lipinski definition) is 0. The van der Waals surface area contributed by atoms with Gasteiger partial charge in [0.2, 0.25) is 0 Å². The lowest BCUT2D eigenvalue weighted by Gasteiger charge is -2.10. The summed E-state index contributed by atoms with van der Waals surface area (Å²) in [5, 5.41) is 0.423. The maximum atomic E-state index is 13.7. The van der Waals surface area contributed by atoms with Crippen LogP contribution in [-0.4, -0.2) is 9.97 Å². The van der Waals surface area contributed by atoms with Crippen LogP contribution in [0.25, 0.3) is 11.4 Å². The highest BCUT2D eigenvalue weighted by atomic mass is 127. The predicted octanol–water partition coefficient (Wildman–Crippen LogP) is 5.05. The van der Waals surface area contributed by atoms with Crippen molar-refractivity contribution in [3.63, 3.8) is 0 Å². The Labute approximate surface area is 136 Å². The molecule has 0 aliphatic carbocycles. The van der Waals surface area contributed by atoms with Gasteiger partial charge in [-0.15, -0.1) is 0 Å². The first-order valence-corrected chi connectivity index (χ1v) is 7.82. The van der Waals surface area contributed by atoms with Gasteiger partial charge in [-0.05, 0) is 53.5 Å². The third-order valence-electron chi connectivity index (χ3n) is 2.91. The molecular weight excluding hydrogens is 390 g/mol. The number of benzene rings is 1. The van der Waals surface area contributed by atoms with E-state index in [2.05, 4.69) is 46.4 Å². The highest BCUT2D eigenvalue weighted by molar-refractivity contribution is 14.1. The molecule has 0 spiro atoms. The summed E-state index contributed by atoms with van der Waals surface area (Å²) < 4.78 is 14.5. The molecular formula is C15H15ClFIN2. The van der Waals surface area contributed by atoms with Crippen LogP contribution in [0.15, 0.2) is 18.2 Å². The van der Waals surface area contributed by atoms with Crippen LogP contribution >= 0.6 is 34.2 Å². The van der Waals surface area contributed by atoms with Crippen molar-refractivity contribution in [3.05, 3.63) is 44.0 Å². The second kappa shape index (κ2) is 6.35. The Bertz CT molecular complexity index is 644. The third-order valence-corrected chi connectivity index (χ3v) is 4.64. The van der Waals surface area contributed by atoms with E-state index in [0.717, 1.165) is 15.7 Å². The van der Waals surface area contributed by atoms with Crippen molar-refractivity contribution in [3.8, 4) is 11.4 Å². The van der Waals surface area contributed by atoms with Crippen molar-refractivity contribution in [2.75, 3.05) is 0 Å². The normalized spacial score (nSPS) is 11.2. The molecule has 20 heavy (non-hydrogen) atoms. The molecule has 0 radical (unpaired) electrons. The molecule has 5 heteroatoms. The van der Waals surface area contributed by atoms with E-state index in [9.17, 15) is 4.39 Å². The summed E-state index contributed by atoms with van der Waals surface area (Å²) in [6, 6.07) is 4.99. The summed E-state index contributed by atoms with van der Waals surface area (Å²) in [6.07, 6.45) is 0.821. The van der Waals surface area contributed by atoms with Gasteiger partial charge in [-0.25, -0.2) is 14.4 Å². The minimum atomic E-state index is -0.258. The molecule has 2 rings (SSSR count). The first-order valence-electron chi connectivity index (χ1n) is 6.37. The number of halogens is 3. The molecule has 0 fully saturated rings. The Morgan fingerprint density at radius 2 is 2.00 bits per heavy atom. The minimum Gasteiger partial charge on any atom is -0.232 e. The molecule has 0 saturated carbocycles. The van der Waals surface area contributed by atoms with Crippen molar-refractivity contribution in [2.24, 2.45) is 5.92 Å². The molecule has 0 aliphatic rings. The van der Waals surface area contributed by atoms with Gasteiger partial charge in [0.25, 0.3) is 0 Å². The van der Waals surface area contributed by atoms with Crippen LogP contribution in [0.3, 0.4) is 0 Å². The Morgan fingerprint density at radius 3 is 2.60 bits per heavy atom. The van der Waals surface area contributed by atoms with Gasteiger partial charge in [0.05, 0.1) is 9.26 Å². The van der Waals surface area contributed by atoms with E-state index in [1.807, 2.05) is 6.07 Å². The summed E-state index contributed by atoms with van der Waals surface area (Å²) in [5.41, 5.74) is 2.17. The Hall–Kier alpha value is -0.750. The monoisotopic (exact) mass is 404 g/mol. The molecule has 1 aromatic heterocycles. The smallest absolute Gasteiger partial charge is 0.161 e. The molecule has 0 aliphatic heterocycles. The topological polar surface area (TPSA) is 25.8 Å². The molecule has 1 heterocycles. The van der Waals surface area contributed by atoms with Crippen LogP contribution in [0.5, 0.6) is 0 Å². The van der Waals surface area contributed by atoms with Gasteiger partial charge in [-0.1, -0.05) is 37.6 Å². The highest BCUT2D eigenvalue weighted by Crippen LogP contribution is 2.26. The quantitative estimate of drug-likeness (QED) is 0.528. The second-order valence-electron chi connectivity index (χ2n) is 5.16. The van der Waals surface area contributed by atoms with E-state index in [1.54, 1.807) is 13.0 Å². The van der Waals surface area contributed by atoms with Gasteiger partial charge in [-0.2, -0.15) is 0 Å². The average Bonchev–Trinajstić information content (AvgIpc) is 2.37. The molecule has 0 saturated heterocycles. The zero-order chi connectivity index (χ0) is 14.9. The third kappa shape index (κ3) is 3.47. The second-order valence-corrected chi connectivity index (χ2v) is 6.60. The number of hydrogen-bond acceptors (Lipinski definition) is 2. The maximum Gasteiger partial charge on any atom is 0.161 e. The fourth-order valence-electron chi connectivity index (χ4n) is 1.85. The maximum absolute atomic E-state index is 13.7. The van der Waals surface area contributed by atoms with Crippen molar-refractivity contribution >= 4 is 34.2 Å². The molecule has 1 aromatic carbocycles. The first-order chi connectivity index (χ1) is 9.38. The molecule has 2 aromatic rings. The fourth-order valence-corrected chi connectivity index (χ4v) is 2.50. The van der Waals surface area contributed by atoms with Crippen molar-refractivity contribution < 1.29 is 4.39 Å². The van der Waals surface area contributed by atoms with E-state index in [-0.39, 0.29) is 5.82 Å². The van der Waals surface area contributed by atoms with E-state index in [0.29, 0.717) is 28.0 Å². The van der Waals surface area contributed by atoms with Crippen LogP contribution in [0.4, 0.5) is 4.39 Å². The molecule has 2 nitrogen and oxygen atoms in total. The Balaban J connectivity index is 2.51. The lowest BCUT2D eigenvalue weighted by molar-refractivity contribution is 0.618. The van der Waals surface area contributed by atoms with E-state index in [1.165, 1.54) is 6.07 Å². The van der Waals surface area contributed by atoms with E-state index >= 15 is 0 Å². The van der Waals surface area contributed by atoms with Crippen molar-refractivity contribution in [1.82, 2.24) is 9.97 Å². The molecule has 0 unspecified atom stereocenters. The SMILES string of the molecule is Cc1ccc(-c2nc(Cl)c(I)c(CC(C)C)n2)cc1F. The highest BCUT2D eigenvalue weighted by Gasteiger charge is 2.14.